The first-order valence-corrected chi connectivity index (χ1v) is 9.19. The van der Waals surface area contributed by atoms with E-state index in [2.05, 4.69) is 0 Å². The average molecular weight is 344 g/mol. The van der Waals surface area contributed by atoms with Crippen molar-refractivity contribution in [1.82, 2.24) is 0 Å². The van der Waals surface area contributed by atoms with Gasteiger partial charge in [0.1, 0.15) is 24.4 Å². The fraction of sp³-hybridized carbons (Fsp3) is 0.889. The smallest absolute Gasteiger partial charge is 0.431 e. The zero-order valence-corrected chi connectivity index (χ0v) is 15.4. The lowest BCUT2D eigenvalue weighted by Crippen LogP contribution is -2.33. The van der Waals surface area contributed by atoms with Gasteiger partial charge < -0.3 is 18.9 Å². The number of hydrogen-bond acceptors (Lipinski definition) is 6. The van der Waals surface area contributed by atoms with E-state index in [1.54, 1.807) is 0 Å². The lowest BCUT2D eigenvalue weighted by Gasteiger charge is -2.28. The summed E-state index contributed by atoms with van der Waals surface area (Å²) in [6.45, 7) is 7.78. The van der Waals surface area contributed by atoms with Gasteiger partial charge in [-0.05, 0) is 46.0 Å². The molecule has 0 aromatic carbocycles. The van der Waals surface area contributed by atoms with Gasteiger partial charge in [0.05, 0.1) is 0 Å². The van der Waals surface area contributed by atoms with E-state index in [0.29, 0.717) is 6.42 Å². The van der Waals surface area contributed by atoms with Gasteiger partial charge in [0.25, 0.3) is 0 Å². The van der Waals surface area contributed by atoms with E-state index in [0.717, 1.165) is 44.9 Å². The second-order valence-electron chi connectivity index (χ2n) is 6.58. The molecule has 1 saturated carbocycles. The Morgan fingerprint density at radius 1 is 0.875 bits per heavy atom. The third-order valence-electron chi connectivity index (χ3n) is 4.09. The van der Waals surface area contributed by atoms with Crippen molar-refractivity contribution in [2.24, 2.45) is 0 Å². The van der Waals surface area contributed by atoms with Gasteiger partial charge in [-0.25, -0.2) is 9.59 Å². The lowest BCUT2D eigenvalue weighted by atomic mass is 9.95. The van der Waals surface area contributed by atoms with Crippen LogP contribution in [0.15, 0.2) is 0 Å². The molecule has 0 radical (unpaired) electrons. The summed E-state index contributed by atoms with van der Waals surface area (Å²) in [5, 5.41) is 0. The molecule has 0 saturated heterocycles. The Balaban J connectivity index is 2.33. The van der Waals surface area contributed by atoms with Crippen LogP contribution >= 0.6 is 0 Å². The molecule has 1 aliphatic rings. The highest BCUT2D eigenvalue weighted by Crippen LogP contribution is 2.25. The van der Waals surface area contributed by atoms with Gasteiger partial charge in [0.2, 0.25) is 0 Å². The van der Waals surface area contributed by atoms with Crippen molar-refractivity contribution in [2.75, 3.05) is 0 Å². The number of carbonyl (C=O) groups excluding carboxylic acids is 2. The van der Waals surface area contributed by atoms with Gasteiger partial charge in [0, 0.05) is 6.42 Å². The zero-order valence-electron chi connectivity index (χ0n) is 15.4. The predicted octanol–water partition coefficient (Wildman–Crippen LogP) is 4.98. The number of rotatable bonds is 8. The molecule has 140 valence electrons. The minimum Gasteiger partial charge on any atom is -0.431 e. The molecule has 1 rings (SSSR count). The highest BCUT2D eigenvalue weighted by Gasteiger charge is 2.29. The largest absolute Gasteiger partial charge is 0.508 e. The Bertz CT molecular complexity index is 350. The summed E-state index contributed by atoms with van der Waals surface area (Å²) in [7, 11) is 0. The van der Waals surface area contributed by atoms with Crippen molar-refractivity contribution in [3.8, 4) is 0 Å². The summed E-state index contributed by atoms with van der Waals surface area (Å²) in [6, 6.07) is 0. The van der Waals surface area contributed by atoms with Crippen LogP contribution in [0.2, 0.25) is 0 Å². The summed E-state index contributed by atoms with van der Waals surface area (Å²) in [6.07, 6.45) is 4.27. The Morgan fingerprint density at radius 3 is 1.67 bits per heavy atom. The molecule has 0 N–H and O–H groups in total. The molecule has 0 spiro atoms. The molecule has 6 nitrogen and oxygen atoms in total. The average Bonchev–Trinajstić information content (AvgIpc) is 2.47. The first-order valence-electron chi connectivity index (χ1n) is 9.19. The Morgan fingerprint density at radius 2 is 1.29 bits per heavy atom. The molecule has 0 aromatic rings. The van der Waals surface area contributed by atoms with Crippen LogP contribution in [-0.2, 0) is 18.9 Å². The van der Waals surface area contributed by atoms with Crippen LogP contribution in [0.5, 0.6) is 0 Å². The second kappa shape index (κ2) is 11.2. The van der Waals surface area contributed by atoms with Crippen molar-refractivity contribution >= 4 is 12.3 Å². The summed E-state index contributed by atoms with van der Waals surface area (Å²) >= 11 is 0. The summed E-state index contributed by atoms with van der Waals surface area (Å²) < 4.78 is 21.1. The third-order valence-corrected chi connectivity index (χ3v) is 4.09. The van der Waals surface area contributed by atoms with Gasteiger partial charge >= 0.3 is 12.3 Å². The fourth-order valence-electron chi connectivity index (χ4n) is 2.90. The first-order chi connectivity index (χ1) is 11.4. The Kier molecular flexibility index (Phi) is 9.57. The van der Waals surface area contributed by atoms with Gasteiger partial charge in [-0.15, -0.1) is 0 Å². The van der Waals surface area contributed by atoms with Crippen LogP contribution in [-0.4, -0.2) is 36.7 Å². The maximum absolute atomic E-state index is 11.8. The Labute approximate surface area is 145 Å². The van der Waals surface area contributed by atoms with Crippen LogP contribution in [0.25, 0.3) is 0 Å². The van der Waals surface area contributed by atoms with E-state index in [-0.39, 0.29) is 24.4 Å². The van der Waals surface area contributed by atoms with Crippen LogP contribution in [0.3, 0.4) is 0 Å². The highest BCUT2D eigenvalue weighted by atomic mass is 16.7. The SMILES string of the molecule is CCCC(C)OC(=O)OC1CCCC(OC(=O)OC(C)CCC)C1. The highest BCUT2D eigenvalue weighted by molar-refractivity contribution is 5.61. The zero-order chi connectivity index (χ0) is 17.9. The summed E-state index contributed by atoms with van der Waals surface area (Å²) in [4.78, 5) is 23.5. The molecule has 0 aliphatic heterocycles. The molecule has 0 bridgehead atoms. The predicted molar refractivity (Wildman–Crippen MR) is 89.9 cm³/mol. The van der Waals surface area contributed by atoms with E-state index < -0.39 is 12.3 Å². The standard InChI is InChI=1S/C18H32O6/c1-5-8-13(3)21-17(19)23-15-10-7-11-16(12-15)24-18(20)22-14(4)9-6-2/h13-16H,5-12H2,1-4H3. The van der Waals surface area contributed by atoms with Crippen molar-refractivity contribution in [3.63, 3.8) is 0 Å². The van der Waals surface area contributed by atoms with Crippen LogP contribution < -0.4 is 0 Å². The number of carbonyl (C=O) groups is 2. The number of hydrogen-bond donors (Lipinski definition) is 0. The molecule has 0 heterocycles. The van der Waals surface area contributed by atoms with Gasteiger partial charge in [0.15, 0.2) is 0 Å². The van der Waals surface area contributed by atoms with Crippen molar-refractivity contribution in [2.45, 2.75) is 103 Å². The molecule has 0 amide bonds. The van der Waals surface area contributed by atoms with E-state index in [1.165, 1.54) is 0 Å². The molecule has 1 aliphatic carbocycles. The van der Waals surface area contributed by atoms with Crippen molar-refractivity contribution in [3.05, 3.63) is 0 Å². The minimum absolute atomic E-state index is 0.145. The van der Waals surface area contributed by atoms with E-state index in [4.69, 9.17) is 18.9 Å². The molecular weight excluding hydrogens is 312 g/mol. The second-order valence-corrected chi connectivity index (χ2v) is 6.58. The van der Waals surface area contributed by atoms with Crippen LogP contribution in [0, 0.1) is 0 Å². The molecule has 24 heavy (non-hydrogen) atoms. The normalized spacial score (nSPS) is 23.0. The molecule has 4 unspecified atom stereocenters. The van der Waals surface area contributed by atoms with E-state index in [1.807, 2.05) is 27.7 Å². The van der Waals surface area contributed by atoms with Gasteiger partial charge in [-0.3, -0.25) is 0 Å². The van der Waals surface area contributed by atoms with Crippen molar-refractivity contribution in [1.29, 1.82) is 0 Å². The maximum atomic E-state index is 11.8. The van der Waals surface area contributed by atoms with Crippen LogP contribution in [0.4, 0.5) is 9.59 Å². The monoisotopic (exact) mass is 344 g/mol. The molecule has 1 fully saturated rings. The van der Waals surface area contributed by atoms with Crippen LogP contribution in [0.1, 0.15) is 79.1 Å². The van der Waals surface area contributed by atoms with Crippen molar-refractivity contribution < 1.29 is 28.5 Å². The maximum Gasteiger partial charge on any atom is 0.508 e. The lowest BCUT2D eigenvalue weighted by molar-refractivity contribution is -0.0477. The van der Waals surface area contributed by atoms with Gasteiger partial charge in [-0.1, -0.05) is 26.7 Å². The Hall–Kier alpha value is -1.46. The van der Waals surface area contributed by atoms with Gasteiger partial charge in [-0.2, -0.15) is 0 Å². The quantitative estimate of drug-likeness (QED) is 0.578. The van der Waals surface area contributed by atoms with E-state index in [9.17, 15) is 9.59 Å². The summed E-state index contributed by atoms with van der Waals surface area (Å²) in [5.74, 6) is 0. The minimum atomic E-state index is -0.638. The first kappa shape index (κ1) is 20.6. The molecular formula is C18H32O6. The molecule has 0 aromatic heterocycles. The molecule has 4 atom stereocenters. The summed E-state index contributed by atoms with van der Waals surface area (Å²) in [5.41, 5.74) is 0. The molecule has 6 heteroatoms. The van der Waals surface area contributed by atoms with E-state index >= 15 is 0 Å². The topological polar surface area (TPSA) is 71.1 Å². The third kappa shape index (κ3) is 8.41. The fourth-order valence-corrected chi connectivity index (χ4v) is 2.90. The number of ether oxygens (including phenoxy) is 4.